The first kappa shape index (κ1) is 26.0. The van der Waals surface area contributed by atoms with Crippen LogP contribution in [0.2, 0.25) is 5.02 Å². The monoisotopic (exact) mass is 584 g/mol. The summed E-state index contributed by atoms with van der Waals surface area (Å²) in [6, 6.07) is 18.4. The second-order valence-corrected chi connectivity index (χ2v) is 10.5. The zero-order valence-electron chi connectivity index (χ0n) is 19.5. The number of amides is 3. The Bertz CT molecular complexity index is 1370. The molecule has 1 aliphatic rings. The number of aryl methyl sites for hydroxylation is 1. The molecule has 0 radical (unpaired) electrons. The van der Waals surface area contributed by atoms with E-state index >= 15 is 0 Å². The van der Waals surface area contributed by atoms with Crippen molar-refractivity contribution in [3.8, 4) is 5.75 Å². The van der Waals surface area contributed by atoms with Gasteiger partial charge in [0.15, 0.2) is 0 Å². The first-order valence-corrected chi connectivity index (χ1v) is 13.0. The lowest BCUT2D eigenvalue weighted by Gasteiger charge is -2.14. The van der Waals surface area contributed by atoms with Crippen molar-refractivity contribution < 1.29 is 19.1 Å². The van der Waals surface area contributed by atoms with Crippen molar-refractivity contribution >= 4 is 68.1 Å². The van der Waals surface area contributed by atoms with Crippen molar-refractivity contribution in [1.29, 1.82) is 0 Å². The third kappa shape index (κ3) is 6.19. The minimum absolute atomic E-state index is 0.251. The summed E-state index contributed by atoms with van der Waals surface area (Å²) in [7, 11) is 0. The van der Waals surface area contributed by atoms with Crippen LogP contribution in [0, 0.1) is 13.8 Å². The van der Waals surface area contributed by atoms with Gasteiger partial charge in [-0.2, -0.15) is 0 Å². The maximum absolute atomic E-state index is 12.9. The van der Waals surface area contributed by atoms with Gasteiger partial charge in [0, 0.05) is 10.7 Å². The molecule has 9 heteroatoms. The molecule has 0 unspecified atom stereocenters. The highest BCUT2D eigenvalue weighted by atomic mass is 79.9. The van der Waals surface area contributed by atoms with Gasteiger partial charge in [-0.15, -0.1) is 0 Å². The number of thioether (sulfide) groups is 1. The molecule has 0 aromatic heterocycles. The topological polar surface area (TPSA) is 75.7 Å². The zero-order chi connectivity index (χ0) is 25.8. The molecule has 1 saturated heterocycles. The van der Waals surface area contributed by atoms with E-state index in [4.69, 9.17) is 16.3 Å². The average molecular weight is 586 g/mol. The van der Waals surface area contributed by atoms with E-state index in [1.807, 2.05) is 38.1 Å². The van der Waals surface area contributed by atoms with E-state index < -0.39 is 17.1 Å². The number of hydrogen-bond acceptors (Lipinski definition) is 5. The van der Waals surface area contributed by atoms with Gasteiger partial charge in [0.05, 0.1) is 9.38 Å². The van der Waals surface area contributed by atoms with Crippen LogP contribution in [0.15, 0.2) is 70.0 Å². The fourth-order valence-electron chi connectivity index (χ4n) is 3.47. The standard InChI is InChI=1S/C27H22BrClN2O4S/c1-16-4-3-5-22(17(16)2)30-25(32)14-31-26(33)24(36-27(31)34)13-19-8-11-23(21(28)12-19)35-15-18-6-9-20(29)10-7-18/h3-13H,14-15H2,1-2H3,(H,30,32)/b24-13+. The Labute approximate surface area is 226 Å². The first-order valence-electron chi connectivity index (χ1n) is 11.0. The van der Waals surface area contributed by atoms with E-state index in [9.17, 15) is 14.4 Å². The third-order valence-corrected chi connectivity index (χ3v) is 7.39. The Hall–Kier alpha value is -3.07. The van der Waals surface area contributed by atoms with Crippen molar-refractivity contribution in [3.63, 3.8) is 0 Å². The molecular formula is C27H22BrClN2O4S. The molecule has 0 saturated carbocycles. The van der Waals surface area contributed by atoms with Crippen LogP contribution in [0.1, 0.15) is 22.3 Å². The molecule has 0 spiro atoms. The van der Waals surface area contributed by atoms with Crippen LogP contribution in [0.5, 0.6) is 5.75 Å². The first-order chi connectivity index (χ1) is 17.2. The Morgan fingerprint density at radius 2 is 1.86 bits per heavy atom. The van der Waals surface area contributed by atoms with Gasteiger partial charge in [-0.05, 0) is 100 Å². The molecule has 3 amide bonds. The van der Waals surface area contributed by atoms with E-state index in [1.165, 1.54) is 0 Å². The lowest BCUT2D eigenvalue weighted by molar-refractivity contribution is -0.127. The fourth-order valence-corrected chi connectivity index (χ4v) is 4.95. The van der Waals surface area contributed by atoms with E-state index in [-0.39, 0.29) is 11.4 Å². The molecule has 4 rings (SSSR count). The number of nitrogens with one attached hydrogen (secondary N) is 1. The number of rotatable bonds is 7. The summed E-state index contributed by atoms with van der Waals surface area (Å²) in [6.45, 7) is 3.87. The van der Waals surface area contributed by atoms with Gasteiger partial charge in [0.2, 0.25) is 5.91 Å². The van der Waals surface area contributed by atoms with Crippen molar-refractivity contribution in [2.45, 2.75) is 20.5 Å². The number of carbonyl (C=O) groups excluding carboxylic acids is 3. The summed E-state index contributed by atoms with van der Waals surface area (Å²) in [6.07, 6.45) is 1.63. The number of nitrogens with zero attached hydrogens (tertiary/aromatic N) is 1. The van der Waals surface area contributed by atoms with Gasteiger partial charge in [-0.1, -0.05) is 41.9 Å². The molecule has 6 nitrogen and oxygen atoms in total. The van der Waals surface area contributed by atoms with Gasteiger partial charge < -0.3 is 10.1 Å². The number of benzene rings is 3. The highest BCUT2D eigenvalue weighted by Crippen LogP contribution is 2.34. The van der Waals surface area contributed by atoms with Crippen LogP contribution in [0.25, 0.3) is 6.08 Å². The number of carbonyl (C=O) groups is 3. The van der Waals surface area contributed by atoms with Crippen LogP contribution in [-0.4, -0.2) is 28.5 Å². The van der Waals surface area contributed by atoms with E-state index in [2.05, 4.69) is 21.2 Å². The molecular weight excluding hydrogens is 564 g/mol. The summed E-state index contributed by atoms with van der Waals surface area (Å²) in [5.74, 6) is -0.296. The van der Waals surface area contributed by atoms with Gasteiger partial charge in [-0.3, -0.25) is 19.3 Å². The molecule has 1 N–H and O–H groups in total. The predicted octanol–water partition coefficient (Wildman–Crippen LogP) is 6.97. The quantitative estimate of drug-likeness (QED) is 0.303. The molecule has 0 aliphatic carbocycles. The Kier molecular flexibility index (Phi) is 8.18. The summed E-state index contributed by atoms with van der Waals surface area (Å²) in [4.78, 5) is 39.1. The predicted molar refractivity (Wildman–Crippen MR) is 147 cm³/mol. The normalized spacial score (nSPS) is 14.4. The number of anilines is 1. The molecule has 1 heterocycles. The summed E-state index contributed by atoms with van der Waals surface area (Å²) in [5.41, 5.74) is 4.32. The van der Waals surface area contributed by atoms with Gasteiger partial charge >= 0.3 is 0 Å². The molecule has 1 fully saturated rings. The Morgan fingerprint density at radius 1 is 1.11 bits per heavy atom. The zero-order valence-corrected chi connectivity index (χ0v) is 22.7. The van der Waals surface area contributed by atoms with Crippen LogP contribution in [0.3, 0.4) is 0 Å². The molecule has 0 bridgehead atoms. The maximum atomic E-state index is 12.9. The fraction of sp³-hybridized carbons (Fsp3) is 0.148. The minimum atomic E-state index is -0.500. The van der Waals surface area contributed by atoms with Gasteiger partial charge in [-0.25, -0.2) is 0 Å². The lowest BCUT2D eigenvalue weighted by Crippen LogP contribution is -2.36. The highest BCUT2D eigenvalue weighted by molar-refractivity contribution is 9.10. The minimum Gasteiger partial charge on any atom is -0.488 e. The van der Waals surface area contributed by atoms with E-state index in [0.29, 0.717) is 33.1 Å². The second kappa shape index (κ2) is 11.3. The molecule has 0 atom stereocenters. The molecule has 3 aromatic rings. The largest absolute Gasteiger partial charge is 0.488 e. The van der Waals surface area contributed by atoms with Crippen molar-refractivity contribution in [2.24, 2.45) is 0 Å². The van der Waals surface area contributed by atoms with E-state index in [1.54, 1.807) is 42.5 Å². The highest BCUT2D eigenvalue weighted by Gasteiger charge is 2.36. The SMILES string of the molecule is Cc1cccc(NC(=O)CN2C(=O)S/C(=C/c3ccc(OCc4ccc(Cl)cc4)c(Br)c3)C2=O)c1C. The van der Waals surface area contributed by atoms with Crippen LogP contribution >= 0.6 is 39.3 Å². The number of ether oxygens (including phenoxy) is 1. The van der Waals surface area contributed by atoms with Crippen molar-refractivity contribution in [3.05, 3.63) is 97.3 Å². The number of imide groups is 1. The molecule has 184 valence electrons. The van der Waals surface area contributed by atoms with Gasteiger partial charge in [0.25, 0.3) is 11.1 Å². The van der Waals surface area contributed by atoms with Crippen LogP contribution in [0.4, 0.5) is 10.5 Å². The molecule has 36 heavy (non-hydrogen) atoms. The lowest BCUT2D eigenvalue weighted by atomic mass is 10.1. The number of halogens is 2. The Balaban J connectivity index is 1.40. The summed E-state index contributed by atoms with van der Waals surface area (Å²) in [5, 5.41) is 2.96. The average Bonchev–Trinajstić information content (AvgIpc) is 3.10. The Morgan fingerprint density at radius 3 is 2.58 bits per heavy atom. The molecule has 3 aromatic carbocycles. The summed E-state index contributed by atoms with van der Waals surface area (Å²) < 4.78 is 6.57. The van der Waals surface area contributed by atoms with Gasteiger partial charge in [0.1, 0.15) is 18.9 Å². The van der Waals surface area contributed by atoms with Crippen molar-refractivity contribution in [1.82, 2.24) is 4.90 Å². The van der Waals surface area contributed by atoms with Crippen LogP contribution in [-0.2, 0) is 16.2 Å². The molecule has 1 aliphatic heterocycles. The van der Waals surface area contributed by atoms with Crippen molar-refractivity contribution in [2.75, 3.05) is 11.9 Å². The van der Waals surface area contributed by atoms with E-state index in [0.717, 1.165) is 33.4 Å². The number of hydrogen-bond donors (Lipinski definition) is 1. The third-order valence-electron chi connectivity index (χ3n) is 5.62. The summed E-state index contributed by atoms with van der Waals surface area (Å²) >= 11 is 10.2. The van der Waals surface area contributed by atoms with Crippen LogP contribution < -0.4 is 10.1 Å². The second-order valence-electron chi connectivity index (χ2n) is 8.17. The maximum Gasteiger partial charge on any atom is 0.294 e. The smallest absolute Gasteiger partial charge is 0.294 e.